The molecule has 1 aromatic heterocycles. The molecule has 5 amide bonds. The summed E-state index contributed by atoms with van der Waals surface area (Å²) in [5, 5.41) is 23.5. The highest BCUT2D eigenvalue weighted by Gasteiger charge is 2.45. The van der Waals surface area contributed by atoms with E-state index in [1.54, 1.807) is 36.4 Å². The Balaban J connectivity index is 0.735. The molecule has 2 N–H and O–H groups in total. The largest absolute Gasteiger partial charge is 0.490 e. The first-order chi connectivity index (χ1) is 28.1. The number of amides is 5. The topological polar surface area (TPSA) is 178 Å². The van der Waals surface area contributed by atoms with Gasteiger partial charge >= 0.3 is 0 Å². The zero-order valence-electron chi connectivity index (χ0n) is 32.3. The lowest BCUT2D eigenvalue weighted by molar-refractivity contribution is -0.136. The van der Waals surface area contributed by atoms with Crippen molar-refractivity contribution in [2.24, 2.45) is 11.8 Å². The Hall–Kier alpha value is -5.55. The predicted molar refractivity (Wildman–Crippen MR) is 215 cm³/mol. The Morgan fingerprint density at radius 3 is 2.14 bits per heavy atom. The number of nitriles is 1. The maximum atomic E-state index is 13.3. The van der Waals surface area contributed by atoms with Crippen LogP contribution in [0.15, 0.2) is 48.5 Å². The molecule has 4 fully saturated rings. The molecule has 1 saturated carbocycles. The smallest absolute Gasteiger partial charge is 0.272 e. The monoisotopic (exact) mass is 806 g/mol. The Morgan fingerprint density at radius 2 is 1.50 bits per heavy atom. The third kappa shape index (κ3) is 8.50. The second-order valence-electron chi connectivity index (χ2n) is 16.2. The molecule has 58 heavy (non-hydrogen) atoms. The molecule has 2 aromatic carbocycles. The van der Waals surface area contributed by atoms with Crippen LogP contribution in [0.2, 0.25) is 5.02 Å². The number of carbonyl (C=O) groups excluding carboxylic acids is 5. The average molecular weight is 807 g/mol. The van der Waals surface area contributed by atoms with Gasteiger partial charge in [-0.1, -0.05) is 24.4 Å². The number of carbonyl (C=O) groups is 5. The highest BCUT2D eigenvalue weighted by molar-refractivity contribution is 6.31. The summed E-state index contributed by atoms with van der Waals surface area (Å²) in [7, 11) is 0. The van der Waals surface area contributed by atoms with E-state index in [1.165, 1.54) is 12.8 Å². The van der Waals surface area contributed by atoms with Crippen molar-refractivity contribution in [1.29, 1.82) is 5.26 Å². The van der Waals surface area contributed by atoms with Crippen molar-refractivity contribution in [3.05, 3.63) is 75.9 Å². The van der Waals surface area contributed by atoms with Gasteiger partial charge in [0.1, 0.15) is 17.9 Å². The van der Waals surface area contributed by atoms with Gasteiger partial charge in [-0.15, -0.1) is 10.2 Å². The summed E-state index contributed by atoms with van der Waals surface area (Å²) in [6.45, 7) is 3.56. The third-order valence-corrected chi connectivity index (χ3v) is 12.9. The van der Waals surface area contributed by atoms with E-state index in [1.807, 2.05) is 12.1 Å². The summed E-state index contributed by atoms with van der Waals surface area (Å²) in [5.74, 6) is 0.558. The molecule has 5 aliphatic rings. The molecule has 0 bridgehead atoms. The molecule has 4 aliphatic heterocycles. The molecule has 1 unspecified atom stereocenters. The van der Waals surface area contributed by atoms with Crippen molar-refractivity contribution >= 4 is 52.6 Å². The number of hydrogen-bond acceptors (Lipinski definition) is 11. The van der Waals surface area contributed by atoms with Crippen LogP contribution < -0.4 is 25.2 Å². The number of fused-ring (bicyclic) bond motifs is 1. The number of rotatable bonds is 10. The zero-order valence-corrected chi connectivity index (χ0v) is 33.1. The van der Waals surface area contributed by atoms with Gasteiger partial charge in [0.15, 0.2) is 11.5 Å². The van der Waals surface area contributed by atoms with Crippen LogP contribution in [0.5, 0.6) is 5.75 Å². The Labute approximate surface area is 342 Å². The summed E-state index contributed by atoms with van der Waals surface area (Å²) in [6, 6.07) is 15.2. The van der Waals surface area contributed by atoms with Crippen molar-refractivity contribution < 1.29 is 28.7 Å². The number of hydrogen-bond donors (Lipinski definition) is 2. The number of nitrogens with zero attached hydrogens (tertiary/aromatic N) is 6. The summed E-state index contributed by atoms with van der Waals surface area (Å²) >= 11 is 6.15. The zero-order chi connectivity index (χ0) is 40.3. The molecular formula is C43H47ClN8O6. The normalized spacial score (nSPS) is 23.0. The van der Waals surface area contributed by atoms with Crippen molar-refractivity contribution in [3.8, 4) is 11.8 Å². The first-order valence-electron chi connectivity index (χ1n) is 20.5. The number of piperidine rings is 3. The van der Waals surface area contributed by atoms with Crippen LogP contribution in [0.4, 0.5) is 11.5 Å². The molecular weight excluding hydrogens is 760 g/mol. The summed E-state index contributed by atoms with van der Waals surface area (Å²) in [5.41, 5.74) is 2.26. The fraction of sp³-hybridized carbons (Fsp3) is 0.488. The maximum Gasteiger partial charge on any atom is 0.272 e. The Morgan fingerprint density at radius 1 is 0.810 bits per heavy atom. The van der Waals surface area contributed by atoms with E-state index >= 15 is 0 Å². The molecule has 8 rings (SSSR count). The maximum absolute atomic E-state index is 13.3. The number of imide groups is 2. The van der Waals surface area contributed by atoms with E-state index in [4.69, 9.17) is 21.6 Å². The third-order valence-electron chi connectivity index (χ3n) is 12.6. The van der Waals surface area contributed by atoms with Gasteiger partial charge in [-0.25, -0.2) is 0 Å². The van der Waals surface area contributed by atoms with Gasteiger partial charge in [-0.3, -0.25) is 34.2 Å². The number of aromatic nitrogens is 2. The Bertz CT molecular complexity index is 2120. The highest BCUT2D eigenvalue weighted by Crippen LogP contribution is 2.35. The van der Waals surface area contributed by atoms with Crippen molar-refractivity contribution in [2.75, 3.05) is 36.0 Å². The van der Waals surface area contributed by atoms with Gasteiger partial charge in [0.25, 0.3) is 17.7 Å². The van der Waals surface area contributed by atoms with E-state index in [-0.39, 0.29) is 36.8 Å². The van der Waals surface area contributed by atoms with Crippen molar-refractivity contribution in [3.63, 3.8) is 0 Å². The van der Waals surface area contributed by atoms with Crippen LogP contribution in [0.3, 0.4) is 0 Å². The van der Waals surface area contributed by atoms with Gasteiger partial charge in [0, 0.05) is 50.4 Å². The molecule has 0 spiro atoms. The van der Waals surface area contributed by atoms with Gasteiger partial charge in [-0.05, 0) is 112 Å². The number of anilines is 2. The first kappa shape index (κ1) is 39.3. The van der Waals surface area contributed by atoms with Crippen LogP contribution in [0, 0.1) is 23.2 Å². The van der Waals surface area contributed by atoms with Gasteiger partial charge < -0.3 is 19.9 Å². The number of ether oxygens (including phenoxy) is 1. The van der Waals surface area contributed by atoms with E-state index < -0.39 is 23.8 Å². The SMILES string of the molecule is N#Cc1ccc(O[C@H]2CC[C@H](NC(=O)c3ccc(N4CCC(CCC5CCN(c6ccc7c(c6)C(=O)N(C6CCC(=O)NC6=O)C7=O)CC5)CC4)nn3)CC2)cc1Cl. The minimum atomic E-state index is -0.966. The second-order valence-corrected chi connectivity index (χ2v) is 16.6. The fourth-order valence-corrected chi connectivity index (χ4v) is 9.32. The van der Waals surface area contributed by atoms with E-state index in [0.717, 1.165) is 94.0 Å². The number of benzene rings is 2. The van der Waals surface area contributed by atoms with Gasteiger partial charge in [0.05, 0.1) is 27.8 Å². The molecule has 1 atom stereocenters. The lowest BCUT2D eigenvalue weighted by atomic mass is 9.85. The average Bonchev–Trinajstić information content (AvgIpc) is 3.49. The van der Waals surface area contributed by atoms with Crippen LogP contribution in [-0.4, -0.2) is 89.0 Å². The molecule has 1 aliphatic carbocycles. The van der Waals surface area contributed by atoms with E-state index in [2.05, 4.69) is 36.7 Å². The van der Waals surface area contributed by atoms with Crippen LogP contribution in [-0.2, 0) is 9.59 Å². The molecule has 14 nitrogen and oxygen atoms in total. The van der Waals surface area contributed by atoms with Crippen molar-refractivity contribution in [2.45, 2.75) is 95.2 Å². The van der Waals surface area contributed by atoms with Crippen LogP contribution in [0.1, 0.15) is 114 Å². The van der Waals surface area contributed by atoms with E-state index in [9.17, 15) is 24.0 Å². The number of halogens is 1. The molecule has 3 aromatic rings. The van der Waals surface area contributed by atoms with Gasteiger partial charge in [-0.2, -0.15) is 5.26 Å². The minimum absolute atomic E-state index is 0.0241. The fourth-order valence-electron chi connectivity index (χ4n) is 9.11. The lowest BCUT2D eigenvalue weighted by Crippen LogP contribution is -2.54. The standard InChI is InChI=1S/C43H47ClN8O6/c44-35-24-32(7-3-28(35)25-45)58-31-8-4-29(5-9-31)46-40(54)36-11-13-38(49-48-36)51-21-17-27(18-22-51)2-1-26-15-19-50(20-16-26)30-6-10-33-34(23-30)43(57)52(42(33)56)37-12-14-39(53)47-41(37)55/h3,6-7,10-11,13,23-24,26-27,29,31,37H,1-2,4-5,8-9,12,14-22H2,(H,46,54)(H,47,53,55)/t29-,31-,37?. The Kier molecular flexibility index (Phi) is 11.6. The second kappa shape index (κ2) is 17.1. The predicted octanol–water partition coefficient (Wildman–Crippen LogP) is 5.44. The minimum Gasteiger partial charge on any atom is -0.490 e. The number of nitrogens with one attached hydrogen (secondary N) is 2. The molecule has 15 heteroatoms. The molecule has 0 radical (unpaired) electrons. The first-order valence-corrected chi connectivity index (χ1v) is 20.9. The van der Waals surface area contributed by atoms with Crippen molar-refractivity contribution in [1.82, 2.24) is 25.7 Å². The summed E-state index contributed by atoms with van der Waals surface area (Å²) in [4.78, 5) is 69.0. The van der Waals surface area contributed by atoms with E-state index in [0.29, 0.717) is 45.0 Å². The highest BCUT2D eigenvalue weighted by atomic mass is 35.5. The molecule has 5 heterocycles. The lowest BCUT2D eigenvalue weighted by Gasteiger charge is -2.36. The van der Waals surface area contributed by atoms with Gasteiger partial charge in [0.2, 0.25) is 11.8 Å². The summed E-state index contributed by atoms with van der Waals surface area (Å²) in [6.07, 6.45) is 10.1. The van der Waals surface area contributed by atoms with Crippen LogP contribution in [0.25, 0.3) is 0 Å². The summed E-state index contributed by atoms with van der Waals surface area (Å²) < 4.78 is 6.08. The molecule has 3 saturated heterocycles. The quantitative estimate of drug-likeness (QED) is 0.250. The van der Waals surface area contributed by atoms with Crippen LogP contribution >= 0.6 is 11.6 Å². The molecule has 302 valence electrons.